The van der Waals surface area contributed by atoms with Crippen LogP contribution in [0, 0.1) is 0 Å². The van der Waals surface area contributed by atoms with Crippen molar-refractivity contribution in [3.8, 4) is 11.1 Å². The summed E-state index contributed by atoms with van der Waals surface area (Å²) < 4.78 is 5.99. The molecule has 3 rings (SSSR count). The zero-order chi connectivity index (χ0) is 20.1. The standard InChI is InChI=1S/C21H25N3O4/c1-23(2)20(27)21(15-24(10-11-28-21)19(26)14-25)13-16-4-3-5-18(12-16)17-6-8-22-9-7-17/h3-9,12,25H,10-11,13-15H2,1-2H3. The van der Waals surface area contributed by atoms with E-state index in [0.717, 1.165) is 16.7 Å². The molecule has 0 spiro atoms. The molecule has 1 aromatic heterocycles. The van der Waals surface area contributed by atoms with Gasteiger partial charge in [-0.3, -0.25) is 14.6 Å². The smallest absolute Gasteiger partial charge is 0.256 e. The minimum Gasteiger partial charge on any atom is -0.387 e. The van der Waals surface area contributed by atoms with Crippen LogP contribution in [0.3, 0.4) is 0 Å². The van der Waals surface area contributed by atoms with Crippen molar-refractivity contribution >= 4 is 11.8 Å². The lowest BCUT2D eigenvalue weighted by Crippen LogP contribution is -2.62. The van der Waals surface area contributed by atoms with Crippen LogP contribution in [0.1, 0.15) is 5.56 Å². The fraction of sp³-hybridized carbons (Fsp3) is 0.381. The number of hydrogen-bond acceptors (Lipinski definition) is 5. The molecule has 1 unspecified atom stereocenters. The third-order valence-corrected chi connectivity index (χ3v) is 4.90. The minimum absolute atomic E-state index is 0.114. The number of likely N-dealkylation sites (N-methyl/N-ethyl adjacent to an activating group) is 1. The average molecular weight is 383 g/mol. The summed E-state index contributed by atoms with van der Waals surface area (Å²) in [6.45, 7) is 0.140. The molecule has 2 amide bonds. The average Bonchev–Trinajstić information content (AvgIpc) is 2.73. The Balaban J connectivity index is 1.92. The summed E-state index contributed by atoms with van der Waals surface area (Å²) in [5, 5.41) is 9.22. The van der Waals surface area contributed by atoms with Gasteiger partial charge in [0.25, 0.3) is 5.91 Å². The highest BCUT2D eigenvalue weighted by atomic mass is 16.5. The van der Waals surface area contributed by atoms with Crippen molar-refractivity contribution in [1.82, 2.24) is 14.8 Å². The Kier molecular flexibility index (Phi) is 6.06. The Hall–Kier alpha value is -2.77. The second-order valence-corrected chi connectivity index (χ2v) is 7.13. The molecular weight excluding hydrogens is 358 g/mol. The first kappa shape index (κ1) is 20.0. The Morgan fingerprint density at radius 3 is 2.64 bits per heavy atom. The number of benzene rings is 1. The summed E-state index contributed by atoms with van der Waals surface area (Å²) in [4.78, 5) is 32.1. The van der Waals surface area contributed by atoms with Gasteiger partial charge in [0.2, 0.25) is 5.91 Å². The van der Waals surface area contributed by atoms with Crippen LogP contribution in [-0.4, -0.2) is 77.7 Å². The van der Waals surface area contributed by atoms with Gasteiger partial charge in [-0.2, -0.15) is 0 Å². The van der Waals surface area contributed by atoms with Gasteiger partial charge in [0.1, 0.15) is 6.61 Å². The quantitative estimate of drug-likeness (QED) is 0.832. The fourth-order valence-electron chi connectivity index (χ4n) is 3.55. The number of morpholine rings is 1. The van der Waals surface area contributed by atoms with Crippen LogP contribution in [0.15, 0.2) is 48.8 Å². The molecule has 148 valence electrons. The van der Waals surface area contributed by atoms with E-state index in [0.29, 0.717) is 13.0 Å². The largest absolute Gasteiger partial charge is 0.387 e. The van der Waals surface area contributed by atoms with Crippen LogP contribution in [0.5, 0.6) is 0 Å². The molecule has 1 aliphatic heterocycles. The molecule has 1 atom stereocenters. The van der Waals surface area contributed by atoms with Crippen molar-refractivity contribution in [2.75, 3.05) is 40.4 Å². The lowest BCUT2D eigenvalue weighted by Gasteiger charge is -2.42. The first-order valence-corrected chi connectivity index (χ1v) is 9.19. The Morgan fingerprint density at radius 1 is 1.21 bits per heavy atom. The van der Waals surface area contributed by atoms with Gasteiger partial charge in [-0.05, 0) is 28.8 Å². The molecule has 0 saturated carbocycles. The van der Waals surface area contributed by atoms with Gasteiger partial charge in [0.15, 0.2) is 5.60 Å². The number of carbonyl (C=O) groups is 2. The van der Waals surface area contributed by atoms with Gasteiger partial charge in [-0.25, -0.2) is 0 Å². The molecule has 2 heterocycles. The van der Waals surface area contributed by atoms with E-state index in [4.69, 9.17) is 4.74 Å². The third-order valence-electron chi connectivity index (χ3n) is 4.90. The molecule has 1 aromatic carbocycles. The predicted octanol–water partition coefficient (Wildman–Crippen LogP) is 0.969. The van der Waals surface area contributed by atoms with Crippen LogP contribution < -0.4 is 0 Å². The van der Waals surface area contributed by atoms with E-state index < -0.39 is 18.1 Å². The fourth-order valence-corrected chi connectivity index (χ4v) is 3.55. The van der Waals surface area contributed by atoms with E-state index >= 15 is 0 Å². The molecule has 7 nitrogen and oxygen atoms in total. The van der Waals surface area contributed by atoms with Crippen LogP contribution in [0.2, 0.25) is 0 Å². The summed E-state index contributed by atoms with van der Waals surface area (Å²) in [6.07, 6.45) is 3.81. The van der Waals surface area contributed by atoms with E-state index in [1.807, 2.05) is 36.4 Å². The van der Waals surface area contributed by atoms with E-state index in [2.05, 4.69) is 4.98 Å². The Labute approximate surface area is 164 Å². The molecule has 7 heteroatoms. The lowest BCUT2D eigenvalue weighted by atomic mass is 9.89. The van der Waals surface area contributed by atoms with Crippen molar-refractivity contribution in [2.24, 2.45) is 0 Å². The van der Waals surface area contributed by atoms with Gasteiger partial charge < -0.3 is 19.6 Å². The summed E-state index contributed by atoms with van der Waals surface area (Å²) in [6, 6.07) is 11.8. The summed E-state index contributed by atoms with van der Waals surface area (Å²) in [5.41, 5.74) is 1.81. The van der Waals surface area contributed by atoms with Gasteiger partial charge in [-0.1, -0.05) is 24.3 Å². The second-order valence-electron chi connectivity index (χ2n) is 7.13. The number of hydrogen-bond donors (Lipinski definition) is 1. The molecule has 0 radical (unpaired) electrons. The van der Waals surface area contributed by atoms with Crippen LogP contribution in [0.4, 0.5) is 0 Å². The summed E-state index contributed by atoms with van der Waals surface area (Å²) >= 11 is 0. The third kappa shape index (κ3) is 4.21. The number of ether oxygens (including phenoxy) is 1. The number of carbonyl (C=O) groups excluding carboxylic acids is 2. The highest BCUT2D eigenvalue weighted by molar-refractivity contribution is 5.87. The molecular formula is C21H25N3O4. The van der Waals surface area contributed by atoms with Crippen molar-refractivity contribution in [2.45, 2.75) is 12.0 Å². The molecule has 1 N–H and O–H groups in total. The molecule has 0 bridgehead atoms. The number of rotatable bonds is 5. The summed E-state index contributed by atoms with van der Waals surface area (Å²) in [5.74, 6) is -0.595. The Bertz CT molecular complexity index is 841. The van der Waals surface area contributed by atoms with Crippen molar-refractivity contribution in [1.29, 1.82) is 0 Å². The molecule has 1 aliphatic rings. The van der Waals surface area contributed by atoms with E-state index in [9.17, 15) is 14.7 Å². The van der Waals surface area contributed by atoms with E-state index in [1.54, 1.807) is 26.5 Å². The van der Waals surface area contributed by atoms with Crippen LogP contribution >= 0.6 is 0 Å². The molecule has 0 aliphatic carbocycles. The van der Waals surface area contributed by atoms with Gasteiger partial charge in [-0.15, -0.1) is 0 Å². The molecule has 1 fully saturated rings. The monoisotopic (exact) mass is 383 g/mol. The minimum atomic E-state index is -1.18. The number of nitrogens with zero attached hydrogens (tertiary/aromatic N) is 3. The zero-order valence-corrected chi connectivity index (χ0v) is 16.2. The second kappa shape index (κ2) is 8.50. The molecule has 2 aromatic rings. The predicted molar refractivity (Wildman–Crippen MR) is 104 cm³/mol. The van der Waals surface area contributed by atoms with Gasteiger partial charge >= 0.3 is 0 Å². The molecule has 28 heavy (non-hydrogen) atoms. The van der Waals surface area contributed by atoms with Gasteiger partial charge in [0, 0.05) is 39.5 Å². The SMILES string of the molecule is CN(C)C(=O)C1(Cc2cccc(-c3ccncc3)c2)CN(C(=O)CO)CCO1. The number of aromatic nitrogens is 1. The van der Waals surface area contributed by atoms with Crippen LogP contribution in [0.25, 0.3) is 11.1 Å². The first-order chi connectivity index (χ1) is 13.4. The maximum absolute atomic E-state index is 13.0. The van der Waals surface area contributed by atoms with Crippen molar-refractivity contribution in [3.63, 3.8) is 0 Å². The van der Waals surface area contributed by atoms with E-state index in [1.165, 1.54) is 9.80 Å². The topological polar surface area (TPSA) is 83.0 Å². The number of aliphatic hydroxyl groups is 1. The highest BCUT2D eigenvalue weighted by Gasteiger charge is 2.45. The number of pyridine rings is 1. The van der Waals surface area contributed by atoms with Crippen LogP contribution in [-0.2, 0) is 20.7 Å². The maximum Gasteiger partial charge on any atom is 0.256 e. The maximum atomic E-state index is 13.0. The highest BCUT2D eigenvalue weighted by Crippen LogP contribution is 2.28. The number of amides is 2. The zero-order valence-electron chi connectivity index (χ0n) is 16.2. The van der Waals surface area contributed by atoms with Gasteiger partial charge in [0.05, 0.1) is 13.2 Å². The summed E-state index contributed by atoms with van der Waals surface area (Å²) in [7, 11) is 3.35. The first-order valence-electron chi connectivity index (χ1n) is 9.19. The molecule has 1 saturated heterocycles. The number of aliphatic hydroxyl groups excluding tert-OH is 1. The Morgan fingerprint density at radius 2 is 1.96 bits per heavy atom. The normalized spacial score (nSPS) is 19.3. The van der Waals surface area contributed by atoms with E-state index in [-0.39, 0.29) is 19.1 Å². The lowest BCUT2D eigenvalue weighted by molar-refractivity contribution is -0.173. The van der Waals surface area contributed by atoms with Crippen molar-refractivity contribution < 1.29 is 19.4 Å². The van der Waals surface area contributed by atoms with Crippen molar-refractivity contribution in [3.05, 3.63) is 54.4 Å².